The Balaban J connectivity index is 2.44. The molecule has 0 aliphatic heterocycles. The van der Waals surface area contributed by atoms with E-state index in [1.54, 1.807) is 20.8 Å². The van der Waals surface area contributed by atoms with E-state index >= 15 is 0 Å². The van der Waals surface area contributed by atoms with Crippen LogP contribution in [0.2, 0.25) is 0 Å². The van der Waals surface area contributed by atoms with Crippen molar-refractivity contribution in [2.45, 2.75) is 51.4 Å². The second-order valence-electron chi connectivity index (χ2n) is 5.67. The minimum atomic E-state index is -1.28. The van der Waals surface area contributed by atoms with Crippen molar-refractivity contribution in [1.82, 2.24) is 0 Å². The third kappa shape index (κ3) is 5.85. The van der Waals surface area contributed by atoms with Gasteiger partial charge in [-0.1, -0.05) is 30.3 Å². The third-order valence-corrected chi connectivity index (χ3v) is 2.66. The Morgan fingerprint density at radius 3 is 2.42 bits per heavy atom. The molecule has 0 aliphatic carbocycles. The number of aryl methyl sites for hydroxylation is 1. The zero-order valence-corrected chi connectivity index (χ0v) is 11.8. The van der Waals surface area contributed by atoms with Crippen molar-refractivity contribution in [1.29, 1.82) is 0 Å². The van der Waals surface area contributed by atoms with E-state index in [1.807, 2.05) is 30.3 Å². The first-order valence-corrected chi connectivity index (χ1v) is 6.50. The van der Waals surface area contributed by atoms with Crippen molar-refractivity contribution >= 4 is 5.97 Å². The Kier molecular flexibility index (Phi) is 5.51. The number of rotatable bonds is 5. The van der Waals surface area contributed by atoms with Gasteiger partial charge in [-0.2, -0.15) is 0 Å². The second kappa shape index (κ2) is 6.68. The van der Waals surface area contributed by atoms with Crippen molar-refractivity contribution in [2.24, 2.45) is 5.73 Å². The summed E-state index contributed by atoms with van der Waals surface area (Å²) in [4.78, 5) is 11.7. The maximum Gasteiger partial charge on any atom is 0.337 e. The van der Waals surface area contributed by atoms with Crippen LogP contribution in [0, 0.1) is 0 Å². The van der Waals surface area contributed by atoms with Gasteiger partial charge in [0, 0.05) is 6.04 Å². The van der Waals surface area contributed by atoms with Gasteiger partial charge in [0.05, 0.1) is 0 Å². The molecule has 0 spiro atoms. The van der Waals surface area contributed by atoms with Crippen LogP contribution in [-0.2, 0) is 16.0 Å². The standard InChI is InChI=1S/C15H23NO3/c1-15(2,3)19-14(18)13(17)12(16)10-9-11-7-5-4-6-8-11/h4-8,12-13,17H,9-10,16H2,1-3H3/t12-,13?/m0/s1. The minimum absolute atomic E-state index is 0.532. The van der Waals surface area contributed by atoms with Gasteiger partial charge in [0.15, 0.2) is 6.10 Å². The van der Waals surface area contributed by atoms with Crippen LogP contribution in [0.4, 0.5) is 0 Å². The zero-order chi connectivity index (χ0) is 14.5. The molecule has 1 rings (SSSR count). The van der Waals surface area contributed by atoms with E-state index in [4.69, 9.17) is 10.5 Å². The predicted octanol–water partition coefficient (Wildman–Crippen LogP) is 1.65. The number of aliphatic hydroxyl groups excluding tert-OH is 1. The van der Waals surface area contributed by atoms with E-state index in [-0.39, 0.29) is 0 Å². The number of esters is 1. The number of hydrogen-bond acceptors (Lipinski definition) is 4. The van der Waals surface area contributed by atoms with Crippen LogP contribution < -0.4 is 5.73 Å². The molecular weight excluding hydrogens is 242 g/mol. The maximum absolute atomic E-state index is 11.7. The predicted molar refractivity (Wildman–Crippen MR) is 74.6 cm³/mol. The van der Waals surface area contributed by atoms with Crippen LogP contribution in [0.15, 0.2) is 30.3 Å². The number of benzene rings is 1. The Morgan fingerprint density at radius 2 is 1.89 bits per heavy atom. The summed E-state index contributed by atoms with van der Waals surface area (Å²) < 4.78 is 5.10. The molecule has 0 aromatic heterocycles. The van der Waals surface area contributed by atoms with Crippen LogP contribution in [0.3, 0.4) is 0 Å². The molecule has 1 aromatic carbocycles. The Morgan fingerprint density at radius 1 is 1.32 bits per heavy atom. The molecule has 2 atom stereocenters. The van der Waals surface area contributed by atoms with E-state index in [1.165, 1.54) is 0 Å². The highest BCUT2D eigenvalue weighted by Crippen LogP contribution is 2.12. The first kappa shape index (κ1) is 15.7. The van der Waals surface area contributed by atoms with Crippen molar-refractivity contribution in [3.8, 4) is 0 Å². The minimum Gasteiger partial charge on any atom is -0.458 e. The summed E-state index contributed by atoms with van der Waals surface area (Å²) in [5.74, 6) is -0.659. The van der Waals surface area contributed by atoms with Crippen LogP contribution >= 0.6 is 0 Å². The van der Waals surface area contributed by atoms with Crippen molar-refractivity contribution in [3.63, 3.8) is 0 Å². The molecule has 0 radical (unpaired) electrons. The van der Waals surface area contributed by atoms with E-state index < -0.39 is 23.7 Å². The molecule has 4 nitrogen and oxygen atoms in total. The van der Waals surface area contributed by atoms with Gasteiger partial charge < -0.3 is 15.6 Å². The molecule has 0 bridgehead atoms. The summed E-state index contributed by atoms with van der Waals surface area (Å²) in [6.07, 6.45) is -0.0188. The molecule has 106 valence electrons. The first-order valence-electron chi connectivity index (χ1n) is 6.50. The highest BCUT2D eigenvalue weighted by atomic mass is 16.6. The van der Waals surface area contributed by atoms with Gasteiger partial charge in [-0.15, -0.1) is 0 Å². The van der Waals surface area contributed by atoms with Crippen LogP contribution in [0.5, 0.6) is 0 Å². The van der Waals surface area contributed by atoms with E-state index in [2.05, 4.69) is 0 Å². The smallest absolute Gasteiger partial charge is 0.337 e. The van der Waals surface area contributed by atoms with Gasteiger partial charge in [-0.3, -0.25) is 0 Å². The van der Waals surface area contributed by atoms with E-state index in [0.717, 1.165) is 12.0 Å². The number of ether oxygens (including phenoxy) is 1. The summed E-state index contributed by atoms with van der Waals surface area (Å²) in [5.41, 5.74) is 6.35. The molecule has 0 fully saturated rings. The molecule has 4 heteroatoms. The molecule has 0 amide bonds. The van der Waals surface area contributed by atoms with Crippen molar-refractivity contribution in [2.75, 3.05) is 0 Å². The highest BCUT2D eigenvalue weighted by molar-refractivity contribution is 5.75. The lowest BCUT2D eigenvalue weighted by atomic mass is 10.0. The van der Waals surface area contributed by atoms with Gasteiger partial charge >= 0.3 is 5.97 Å². The summed E-state index contributed by atoms with van der Waals surface area (Å²) in [6, 6.07) is 9.21. The molecule has 1 unspecified atom stereocenters. The third-order valence-electron chi connectivity index (χ3n) is 2.66. The number of carbonyl (C=O) groups is 1. The van der Waals surface area contributed by atoms with Gasteiger partial charge in [-0.25, -0.2) is 4.79 Å². The first-order chi connectivity index (χ1) is 8.79. The Labute approximate surface area is 114 Å². The molecule has 1 aromatic rings. The largest absolute Gasteiger partial charge is 0.458 e. The molecule has 0 saturated carbocycles. The molecule has 19 heavy (non-hydrogen) atoms. The summed E-state index contributed by atoms with van der Waals surface area (Å²) >= 11 is 0. The maximum atomic E-state index is 11.7. The Bertz CT molecular complexity index is 398. The average molecular weight is 265 g/mol. The Hall–Kier alpha value is -1.39. The monoisotopic (exact) mass is 265 g/mol. The lowest BCUT2D eigenvalue weighted by molar-refractivity contribution is -0.166. The van der Waals surface area contributed by atoms with Gasteiger partial charge in [-0.05, 0) is 39.2 Å². The molecule has 0 aliphatic rings. The fraction of sp³-hybridized carbons (Fsp3) is 0.533. The fourth-order valence-electron chi connectivity index (χ4n) is 1.67. The van der Waals surface area contributed by atoms with Crippen molar-refractivity contribution in [3.05, 3.63) is 35.9 Å². The highest BCUT2D eigenvalue weighted by Gasteiger charge is 2.27. The van der Waals surface area contributed by atoms with Crippen LogP contribution in [-0.4, -0.2) is 28.8 Å². The lowest BCUT2D eigenvalue weighted by Gasteiger charge is -2.24. The van der Waals surface area contributed by atoms with Crippen LogP contribution in [0.1, 0.15) is 32.8 Å². The molecule has 0 heterocycles. The number of nitrogens with two attached hydrogens (primary N) is 1. The van der Waals surface area contributed by atoms with Gasteiger partial charge in [0.2, 0.25) is 0 Å². The fourth-order valence-corrected chi connectivity index (χ4v) is 1.67. The number of carbonyl (C=O) groups excluding carboxylic acids is 1. The summed E-state index contributed by atoms with van der Waals surface area (Å²) in [5, 5.41) is 9.83. The van der Waals surface area contributed by atoms with Crippen molar-refractivity contribution < 1.29 is 14.6 Å². The topological polar surface area (TPSA) is 72.5 Å². The normalized spacial score (nSPS) is 14.8. The zero-order valence-electron chi connectivity index (χ0n) is 11.8. The van der Waals surface area contributed by atoms with Crippen LogP contribution in [0.25, 0.3) is 0 Å². The molecule has 3 N–H and O–H groups in total. The number of aliphatic hydroxyl groups is 1. The van der Waals surface area contributed by atoms with Gasteiger partial charge in [0.25, 0.3) is 0 Å². The second-order valence-corrected chi connectivity index (χ2v) is 5.67. The molecular formula is C15H23NO3. The van der Waals surface area contributed by atoms with E-state index in [0.29, 0.717) is 6.42 Å². The summed E-state index contributed by atoms with van der Waals surface area (Å²) in [7, 11) is 0. The average Bonchev–Trinajstić information content (AvgIpc) is 2.34. The number of hydrogen-bond donors (Lipinski definition) is 2. The summed E-state index contributed by atoms with van der Waals surface area (Å²) in [6.45, 7) is 5.27. The SMILES string of the molecule is CC(C)(C)OC(=O)C(O)[C@@H](N)CCc1ccccc1. The van der Waals surface area contributed by atoms with Gasteiger partial charge in [0.1, 0.15) is 5.60 Å². The molecule has 0 saturated heterocycles. The quantitative estimate of drug-likeness (QED) is 0.794. The lowest BCUT2D eigenvalue weighted by Crippen LogP contribution is -2.44. The van der Waals surface area contributed by atoms with E-state index in [9.17, 15) is 9.90 Å².